The number of hydrogen-bond donors (Lipinski definition) is 1. The highest BCUT2D eigenvalue weighted by Gasteiger charge is 2.32. The number of rotatable bonds is 3. The molecule has 1 saturated carbocycles. The molecule has 5 nitrogen and oxygen atoms in total. The van der Waals surface area contributed by atoms with Crippen LogP contribution in [-0.2, 0) is 4.79 Å². The van der Waals surface area contributed by atoms with Crippen molar-refractivity contribution < 1.29 is 4.79 Å². The Morgan fingerprint density at radius 3 is 2.48 bits per heavy atom. The molecule has 4 rings (SSSR count). The predicted molar refractivity (Wildman–Crippen MR) is 90.4 cm³/mol. The Labute approximate surface area is 136 Å². The number of anilines is 1. The van der Waals surface area contributed by atoms with E-state index >= 15 is 0 Å². The van der Waals surface area contributed by atoms with Gasteiger partial charge in [0.1, 0.15) is 0 Å². The number of benzene rings is 1. The lowest BCUT2D eigenvalue weighted by atomic mass is 10.0. The largest absolute Gasteiger partial charge is 0.354 e. The molecule has 5 heteroatoms. The molecule has 0 radical (unpaired) electrons. The van der Waals surface area contributed by atoms with E-state index in [1.807, 2.05) is 13.0 Å². The lowest BCUT2D eigenvalue weighted by Gasteiger charge is -2.33. The Hall–Kier alpha value is -2.17. The Kier molecular flexibility index (Phi) is 3.63. The zero-order chi connectivity index (χ0) is 15.8. The minimum absolute atomic E-state index is 0.254. The number of nitrogens with one attached hydrogen (secondary N) is 1. The van der Waals surface area contributed by atoms with E-state index in [0.717, 1.165) is 50.3 Å². The topological polar surface area (TPSA) is 58.1 Å². The van der Waals surface area contributed by atoms with E-state index in [4.69, 9.17) is 0 Å². The molecule has 2 aromatic rings. The fraction of sp³-hybridized carbons (Fsp3) is 0.500. The quantitative estimate of drug-likeness (QED) is 0.946. The van der Waals surface area contributed by atoms with Crippen LogP contribution >= 0.6 is 0 Å². The molecule has 0 unspecified atom stereocenters. The number of aryl methyl sites for hydroxylation is 1. The van der Waals surface area contributed by atoms with Crippen LogP contribution in [0.25, 0.3) is 10.8 Å². The van der Waals surface area contributed by atoms with Gasteiger partial charge in [-0.25, -0.2) is 0 Å². The number of hydrogen-bond acceptors (Lipinski definition) is 4. The molecule has 2 fully saturated rings. The van der Waals surface area contributed by atoms with Gasteiger partial charge in [-0.3, -0.25) is 4.79 Å². The van der Waals surface area contributed by atoms with Gasteiger partial charge in [-0.2, -0.15) is 5.10 Å². The van der Waals surface area contributed by atoms with Crippen molar-refractivity contribution in [2.45, 2.75) is 38.6 Å². The van der Waals surface area contributed by atoms with Crippen molar-refractivity contribution in [2.24, 2.45) is 5.92 Å². The summed E-state index contributed by atoms with van der Waals surface area (Å²) in [5, 5.41) is 14.3. The molecular formula is C18H22N4O. The van der Waals surface area contributed by atoms with Crippen LogP contribution in [0.15, 0.2) is 24.3 Å². The number of nitrogens with zero attached hydrogens (tertiary/aromatic N) is 3. The monoisotopic (exact) mass is 310 g/mol. The summed E-state index contributed by atoms with van der Waals surface area (Å²) in [5.41, 5.74) is 0.968. The average Bonchev–Trinajstić information content (AvgIpc) is 3.42. The zero-order valence-electron chi connectivity index (χ0n) is 13.5. The van der Waals surface area contributed by atoms with Crippen LogP contribution < -0.4 is 10.2 Å². The van der Waals surface area contributed by atoms with Crippen LogP contribution in [0, 0.1) is 12.8 Å². The van der Waals surface area contributed by atoms with Crippen molar-refractivity contribution in [1.29, 1.82) is 0 Å². The summed E-state index contributed by atoms with van der Waals surface area (Å²) >= 11 is 0. The van der Waals surface area contributed by atoms with E-state index in [1.54, 1.807) is 0 Å². The van der Waals surface area contributed by atoms with Gasteiger partial charge in [0.25, 0.3) is 0 Å². The maximum absolute atomic E-state index is 11.9. The Morgan fingerprint density at radius 1 is 1.09 bits per heavy atom. The van der Waals surface area contributed by atoms with Crippen LogP contribution in [0.5, 0.6) is 0 Å². The molecule has 0 bridgehead atoms. The molecule has 2 aliphatic rings. The molecule has 1 aliphatic carbocycles. The summed E-state index contributed by atoms with van der Waals surface area (Å²) < 4.78 is 0. The first-order chi connectivity index (χ1) is 11.2. The number of piperidine rings is 1. The lowest BCUT2D eigenvalue weighted by molar-refractivity contribution is -0.123. The molecule has 1 aliphatic heterocycles. The number of aromatic nitrogens is 2. The van der Waals surface area contributed by atoms with E-state index in [2.05, 4.69) is 38.6 Å². The van der Waals surface area contributed by atoms with Gasteiger partial charge in [-0.1, -0.05) is 24.3 Å². The van der Waals surface area contributed by atoms with Crippen LogP contribution in [-0.4, -0.2) is 35.2 Å². The van der Waals surface area contributed by atoms with E-state index in [1.165, 1.54) is 10.8 Å². The standard InChI is InChI=1S/C18H22N4O/c1-12-15-4-2-3-5-16(15)17(21-20-12)22-10-8-14(9-11-22)19-18(23)13-6-7-13/h2-5,13-14H,6-11H2,1H3,(H,19,23). The molecule has 2 heterocycles. The maximum atomic E-state index is 11.9. The van der Waals surface area contributed by atoms with Crippen LogP contribution in [0.2, 0.25) is 0 Å². The zero-order valence-corrected chi connectivity index (χ0v) is 13.5. The third kappa shape index (κ3) is 2.87. The molecule has 0 spiro atoms. The van der Waals surface area contributed by atoms with Gasteiger partial charge in [0.05, 0.1) is 5.69 Å². The highest BCUT2D eigenvalue weighted by molar-refractivity contribution is 5.93. The van der Waals surface area contributed by atoms with E-state index < -0.39 is 0 Å². The van der Waals surface area contributed by atoms with E-state index in [-0.39, 0.29) is 5.91 Å². The summed E-state index contributed by atoms with van der Waals surface area (Å²) in [5.74, 6) is 1.52. The molecule has 1 N–H and O–H groups in total. The second-order valence-electron chi connectivity index (χ2n) is 6.70. The highest BCUT2D eigenvalue weighted by atomic mass is 16.2. The van der Waals surface area contributed by atoms with Gasteiger partial charge >= 0.3 is 0 Å². The predicted octanol–water partition coefficient (Wildman–Crippen LogP) is 2.43. The van der Waals surface area contributed by atoms with Crippen molar-refractivity contribution in [2.75, 3.05) is 18.0 Å². The van der Waals surface area contributed by atoms with Crippen molar-refractivity contribution >= 4 is 22.5 Å². The molecule has 1 aromatic heterocycles. The fourth-order valence-electron chi connectivity index (χ4n) is 3.36. The smallest absolute Gasteiger partial charge is 0.223 e. The Balaban J connectivity index is 1.48. The van der Waals surface area contributed by atoms with Crippen LogP contribution in [0.1, 0.15) is 31.4 Å². The van der Waals surface area contributed by atoms with E-state index in [0.29, 0.717) is 12.0 Å². The number of amides is 1. The SMILES string of the molecule is Cc1nnc(N2CCC(NC(=O)C3CC3)CC2)c2ccccc12. The molecule has 0 atom stereocenters. The second kappa shape index (κ2) is 5.80. The van der Waals surface area contributed by atoms with E-state index in [9.17, 15) is 4.79 Å². The van der Waals surface area contributed by atoms with Gasteiger partial charge < -0.3 is 10.2 Å². The maximum Gasteiger partial charge on any atom is 0.223 e. The number of carbonyl (C=O) groups excluding carboxylic acids is 1. The summed E-state index contributed by atoms with van der Waals surface area (Å²) in [6.45, 7) is 3.83. The van der Waals surface area contributed by atoms with Gasteiger partial charge in [0.2, 0.25) is 5.91 Å². The number of fused-ring (bicyclic) bond motifs is 1. The lowest BCUT2D eigenvalue weighted by Crippen LogP contribution is -2.45. The summed E-state index contributed by atoms with van der Waals surface area (Å²) in [6.07, 6.45) is 4.08. The third-order valence-corrected chi connectivity index (χ3v) is 4.94. The fourth-order valence-corrected chi connectivity index (χ4v) is 3.36. The molecular weight excluding hydrogens is 288 g/mol. The highest BCUT2D eigenvalue weighted by Crippen LogP contribution is 2.30. The van der Waals surface area contributed by atoms with Crippen molar-refractivity contribution in [1.82, 2.24) is 15.5 Å². The molecule has 1 amide bonds. The van der Waals surface area contributed by atoms with Crippen molar-refractivity contribution in [3.8, 4) is 0 Å². The first kappa shape index (κ1) is 14.4. The molecule has 1 saturated heterocycles. The van der Waals surface area contributed by atoms with Gasteiger partial charge in [0.15, 0.2) is 5.82 Å². The van der Waals surface area contributed by atoms with Crippen molar-refractivity contribution in [3.63, 3.8) is 0 Å². The van der Waals surface area contributed by atoms with Gasteiger partial charge in [-0.15, -0.1) is 5.10 Å². The summed E-state index contributed by atoms with van der Waals surface area (Å²) in [6, 6.07) is 8.62. The summed E-state index contributed by atoms with van der Waals surface area (Å²) in [4.78, 5) is 14.2. The van der Waals surface area contributed by atoms with Crippen LogP contribution in [0.4, 0.5) is 5.82 Å². The van der Waals surface area contributed by atoms with Gasteiger partial charge in [0, 0.05) is 35.8 Å². The molecule has 120 valence electrons. The summed E-state index contributed by atoms with van der Waals surface area (Å²) in [7, 11) is 0. The minimum atomic E-state index is 0.254. The van der Waals surface area contributed by atoms with Crippen molar-refractivity contribution in [3.05, 3.63) is 30.0 Å². The molecule has 23 heavy (non-hydrogen) atoms. The minimum Gasteiger partial charge on any atom is -0.354 e. The van der Waals surface area contributed by atoms with Gasteiger partial charge in [-0.05, 0) is 32.6 Å². The number of carbonyl (C=O) groups is 1. The third-order valence-electron chi connectivity index (χ3n) is 4.94. The first-order valence-electron chi connectivity index (χ1n) is 8.50. The average molecular weight is 310 g/mol. The molecule has 1 aromatic carbocycles. The normalized spacial score (nSPS) is 19.1. The second-order valence-corrected chi connectivity index (χ2v) is 6.70. The Morgan fingerprint density at radius 2 is 1.78 bits per heavy atom. The first-order valence-corrected chi connectivity index (χ1v) is 8.50. The van der Waals surface area contributed by atoms with Crippen LogP contribution in [0.3, 0.4) is 0 Å². The Bertz CT molecular complexity index is 733.